The number of rotatable bonds is 8. The van der Waals surface area contributed by atoms with Crippen molar-refractivity contribution in [3.63, 3.8) is 0 Å². The Morgan fingerprint density at radius 2 is 1.65 bits per heavy atom. The lowest BCUT2D eigenvalue weighted by Crippen LogP contribution is -2.25. The van der Waals surface area contributed by atoms with Crippen molar-refractivity contribution < 1.29 is 13.2 Å². The van der Waals surface area contributed by atoms with E-state index in [-0.39, 0.29) is 24.1 Å². The number of nitrogens with one attached hydrogen (secondary N) is 2. The second kappa shape index (κ2) is 10.0. The van der Waals surface area contributed by atoms with Crippen molar-refractivity contribution in [3.05, 3.63) is 59.7 Å². The monoisotopic (exact) mass is 397 g/mol. The van der Waals surface area contributed by atoms with E-state index in [0.29, 0.717) is 36.3 Å². The van der Waals surface area contributed by atoms with Gasteiger partial charge < -0.3 is 11.1 Å². The van der Waals surface area contributed by atoms with Gasteiger partial charge in [0.2, 0.25) is 10.0 Å². The number of sulfonamides is 1. The molecule has 6 nitrogen and oxygen atoms in total. The highest BCUT2D eigenvalue weighted by Crippen LogP contribution is 2.12. The summed E-state index contributed by atoms with van der Waals surface area (Å²) in [6.07, 6.45) is 1.25. The number of benzene rings is 2. The van der Waals surface area contributed by atoms with Gasteiger partial charge in [0.05, 0.1) is 5.75 Å². The predicted octanol–water partition coefficient (Wildman–Crippen LogP) is 2.81. The van der Waals surface area contributed by atoms with Crippen LogP contribution in [0.4, 0.5) is 11.4 Å². The lowest BCUT2D eigenvalue weighted by Gasteiger charge is -2.09. The number of halogens is 1. The Hall–Kier alpha value is -2.25. The first-order valence-corrected chi connectivity index (χ1v) is 9.78. The van der Waals surface area contributed by atoms with Crippen molar-refractivity contribution in [1.29, 1.82) is 0 Å². The Kier molecular flexibility index (Phi) is 8.41. The van der Waals surface area contributed by atoms with Crippen molar-refractivity contribution in [2.24, 2.45) is 0 Å². The molecule has 0 fully saturated rings. The number of nitrogens with two attached hydrogens (primary N) is 1. The van der Waals surface area contributed by atoms with Crippen molar-refractivity contribution in [1.82, 2.24) is 5.32 Å². The van der Waals surface area contributed by atoms with Gasteiger partial charge in [0.1, 0.15) is 0 Å². The molecule has 0 atom stereocenters. The lowest BCUT2D eigenvalue weighted by molar-refractivity contribution is 0.0954. The van der Waals surface area contributed by atoms with Crippen LogP contribution in [0.2, 0.25) is 0 Å². The molecule has 2 aromatic rings. The van der Waals surface area contributed by atoms with Gasteiger partial charge in [-0.15, -0.1) is 12.4 Å². The summed E-state index contributed by atoms with van der Waals surface area (Å²) >= 11 is 0. The first kappa shape index (κ1) is 21.8. The quantitative estimate of drug-likeness (QED) is 0.596. The van der Waals surface area contributed by atoms with Crippen LogP contribution in [0.15, 0.2) is 48.5 Å². The molecule has 0 aliphatic rings. The minimum Gasteiger partial charge on any atom is -0.399 e. The molecular formula is C18H24ClN3O3S. The fourth-order valence-electron chi connectivity index (χ4n) is 2.30. The summed E-state index contributed by atoms with van der Waals surface area (Å²) in [6.45, 7) is 2.31. The number of carbonyl (C=O) groups excluding carboxylic acids is 1. The zero-order valence-electron chi connectivity index (χ0n) is 14.6. The molecule has 0 saturated heterocycles. The molecule has 0 bridgehead atoms. The van der Waals surface area contributed by atoms with Crippen molar-refractivity contribution in [2.75, 3.05) is 22.8 Å². The smallest absolute Gasteiger partial charge is 0.251 e. The number of carbonyl (C=O) groups is 1. The molecule has 8 heteroatoms. The van der Waals surface area contributed by atoms with Crippen LogP contribution in [0, 0.1) is 0 Å². The van der Waals surface area contributed by atoms with E-state index in [1.54, 1.807) is 31.2 Å². The predicted molar refractivity (Wildman–Crippen MR) is 108 cm³/mol. The average Bonchev–Trinajstić information content (AvgIpc) is 2.57. The van der Waals surface area contributed by atoms with Crippen LogP contribution in [0.1, 0.15) is 29.3 Å². The van der Waals surface area contributed by atoms with Gasteiger partial charge in [-0.3, -0.25) is 9.52 Å². The number of amides is 1. The minimum atomic E-state index is -3.33. The van der Waals surface area contributed by atoms with E-state index in [1.165, 1.54) is 0 Å². The van der Waals surface area contributed by atoms with Gasteiger partial charge in [0.25, 0.3) is 5.91 Å². The first-order chi connectivity index (χ1) is 11.9. The highest BCUT2D eigenvalue weighted by atomic mass is 35.5. The molecule has 26 heavy (non-hydrogen) atoms. The molecule has 0 radical (unpaired) electrons. The van der Waals surface area contributed by atoms with E-state index in [4.69, 9.17) is 5.73 Å². The summed E-state index contributed by atoms with van der Waals surface area (Å²) < 4.78 is 25.9. The van der Waals surface area contributed by atoms with E-state index < -0.39 is 10.0 Å². The average molecular weight is 398 g/mol. The molecule has 0 aliphatic heterocycles. The molecule has 142 valence electrons. The van der Waals surface area contributed by atoms with Crippen molar-refractivity contribution in [3.8, 4) is 0 Å². The van der Waals surface area contributed by atoms with Crippen LogP contribution in [-0.4, -0.2) is 26.6 Å². The molecular weight excluding hydrogens is 374 g/mol. The SMILES string of the molecule is CCCS(=O)(=O)Nc1ccc(C(=O)NCCc2ccc(N)cc2)cc1.Cl. The van der Waals surface area contributed by atoms with Crippen LogP contribution in [0.5, 0.6) is 0 Å². The maximum atomic E-state index is 12.1. The van der Waals surface area contributed by atoms with E-state index in [9.17, 15) is 13.2 Å². The Balaban J connectivity index is 0.00000338. The van der Waals surface area contributed by atoms with E-state index >= 15 is 0 Å². The van der Waals surface area contributed by atoms with Gasteiger partial charge in [0.15, 0.2) is 0 Å². The minimum absolute atomic E-state index is 0. The molecule has 2 aromatic carbocycles. The van der Waals surface area contributed by atoms with Gasteiger partial charge in [-0.1, -0.05) is 19.1 Å². The fourth-order valence-corrected chi connectivity index (χ4v) is 3.43. The number of hydrogen-bond acceptors (Lipinski definition) is 4. The van der Waals surface area contributed by atoms with Crippen LogP contribution in [0.25, 0.3) is 0 Å². The molecule has 0 unspecified atom stereocenters. The summed E-state index contributed by atoms with van der Waals surface area (Å²) in [7, 11) is -3.33. The van der Waals surface area contributed by atoms with Gasteiger partial charge in [-0.2, -0.15) is 0 Å². The zero-order valence-corrected chi connectivity index (χ0v) is 16.2. The Morgan fingerprint density at radius 1 is 1.04 bits per heavy atom. The van der Waals surface area contributed by atoms with Crippen LogP contribution < -0.4 is 15.8 Å². The summed E-state index contributed by atoms with van der Waals surface area (Å²) in [5, 5.41) is 2.84. The second-order valence-corrected chi connectivity index (χ2v) is 7.59. The third kappa shape index (κ3) is 6.93. The van der Waals surface area contributed by atoms with Crippen LogP contribution in [0.3, 0.4) is 0 Å². The van der Waals surface area contributed by atoms with E-state index in [1.807, 2.05) is 24.3 Å². The molecule has 1 amide bonds. The highest BCUT2D eigenvalue weighted by Gasteiger charge is 2.10. The fraction of sp³-hybridized carbons (Fsp3) is 0.278. The van der Waals surface area contributed by atoms with E-state index in [0.717, 1.165) is 5.56 Å². The number of hydrogen-bond donors (Lipinski definition) is 3. The van der Waals surface area contributed by atoms with Crippen molar-refractivity contribution in [2.45, 2.75) is 19.8 Å². The number of nitrogen functional groups attached to an aromatic ring is 1. The summed E-state index contributed by atoms with van der Waals surface area (Å²) in [4.78, 5) is 12.1. The molecule has 4 N–H and O–H groups in total. The van der Waals surface area contributed by atoms with Crippen molar-refractivity contribution >= 4 is 39.7 Å². The van der Waals surface area contributed by atoms with Gasteiger partial charge in [0, 0.05) is 23.5 Å². The lowest BCUT2D eigenvalue weighted by atomic mass is 10.1. The second-order valence-electron chi connectivity index (χ2n) is 5.75. The largest absolute Gasteiger partial charge is 0.399 e. The Labute approximate surface area is 160 Å². The van der Waals surface area contributed by atoms with Gasteiger partial charge >= 0.3 is 0 Å². The standard InChI is InChI=1S/C18H23N3O3S.ClH/c1-2-13-25(23,24)21-17-9-5-15(6-10-17)18(22)20-12-11-14-3-7-16(19)8-4-14;/h3-10,21H,2,11-13,19H2,1H3,(H,20,22);1H. The highest BCUT2D eigenvalue weighted by molar-refractivity contribution is 7.92. The van der Waals surface area contributed by atoms with Crippen LogP contribution in [-0.2, 0) is 16.4 Å². The van der Waals surface area contributed by atoms with Gasteiger partial charge in [-0.05, 0) is 54.8 Å². The first-order valence-electron chi connectivity index (χ1n) is 8.13. The van der Waals surface area contributed by atoms with E-state index in [2.05, 4.69) is 10.0 Å². The topological polar surface area (TPSA) is 101 Å². The molecule has 0 heterocycles. The van der Waals surface area contributed by atoms with Gasteiger partial charge in [-0.25, -0.2) is 8.42 Å². The van der Waals surface area contributed by atoms with Crippen LogP contribution >= 0.6 is 12.4 Å². The maximum Gasteiger partial charge on any atom is 0.251 e. The molecule has 0 aliphatic carbocycles. The normalized spacial score (nSPS) is 10.7. The molecule has 0 aromatic heterocycles. The Morgan fingerprint density at radius 3 is 2.23 bits per heavy atom. The summed E-state index contributed by atoms with van der Waals surface area (Å²) in [6, 6.07) is 13.9. The number of anilines is 2. The zero-order chi connectivity index (χ0) is 18.3. The molecule has 2 rings (SSSR count). The molecule has 0 spiro atoms. The summed E-state index contributed by atoms with van der Waals surface area (Å²) in [5.74, 6) is -0.126. The maximum absolute atomic E-state index is 12.1. The Bertz CT molecular complexity index is 807. The third-order valence-corrected chi connectivity index (χ3v) is 5.06. The third-order valence-electron chi connectivity index (χ3n) is 3.57. The molecule has 0 saturated carbocycles. The summed E-state index contributed by atoms with van der Waals surface area (Å²) in [5.41, 5.74) is 8.37.